The predicted octanol–water partition coefficient (Wildman–Crippen LogP) is 4.52. The van der Waals surface area contributed by atoms with Crippen LogP contribution in [0.1, 0.15) is 52.8 Å². The van der Waals surface area contributed by atoms with E-state index in [4.69, 9.17) is 4.74 Å². The summed E-state index contributed by atoms with van der Waals surface area (Å²) in [5.74, 6) is -1.52. The molecule has 5 nitrogen and oxygen atoms in total. The zero-order valence-electron chi connectivity index (χ0n) is 18.1. The molecule has 32 heavy (non-hydrogen) atoms. The minimum absolute atomic E-state index is 0.0538. The van der Waals surface area contributed by atoms with Crippen LogP contribution < -0.4 is 4.74 Å². The predicted molar refractivity (Wildman–Crippen MR) is 117 cm³/mol. The highest BCUT2D eigenvalue weighted by Gasteiger charge is 2.28. The number of rotatable bonds is 5. The second-order valence-electron chi connectivity index (χ2n) is 8.54. The average Bonchev–Trinajstić information content (AvgIpc) is 2.83. The highest BCUT2D eigenvalue weighted by Crippen LogP contribution is 2.23. The first-order chi connectivity index (χ1) is 15.5. The Balaban J connectivity index is 1.32. The van der Waals surface area contributed by atoms with E-state index in [-0.39, 0.29) is 11.8 Å². The largest absolute Gasteiger partial charge is 0.493 e. The van der Waals surface area contributed by atoms with E-state index in [1.807, 2.05) is 4.90 Å². The Morgan fingerprint density at radius 2 is 1.50 bits per heavy atom. The molecule has 2 amide bonds. The lowest BCUT2D eigenvalue weighted by Gasteiger charge is -2.32. The third-order valence-corrected chi connectivity index (χ3v) is 6.21. The lowest BCUT2D eigenvalue weighted by molar-refractivity contribution is 0.0623. The molecule has 2 saturated heterocycles. The van der Waals surface area contributed by atoms with Gasteiger partial charge in [0.2, 0.25) is 0 Å². The molecular weight excluding hydrogens is 414 g/mol. The number of amides is 2. The smallest absolute Gasteiger partial charge is 0.259 e. The van der Waals surface area contributed by atoms with Gasteiger partial charge in [0.25, 0.3) is 11.8 Å². The van der Waals surface area contributed by atoms with Crippen LogP contribution in [0.5, 0.6) is 5.75 Å². The first kappa shape index (κ1) is 22.2. The Bertz CT molecular complexity index is 938. The minimum Gasteiger partial charge on any atom is -0.493 e. The lowest BCUT2D eigenvalue weighted by Crippen LogP contribution is -2.42. The van der Waals surface area contributed by atoms with Crippen molar-refractivity contribution in [3.8, 4) is 5.75 Å². The number of likely N-dealkylation sites (tertiary alicyclic amines) is 2. The number of ether oxygens (including phenoxy) is 1. The molecule has 0 aromatic heterocycles. The van der Waals surface area contributed by atoms with Crippen LogP contribution in [0.25, 0.3) is 0 Å². The molecule has 2 heterocycles. The standard InChI is InChI=1S/C25H28F2N2O3/c26-21-7-4-8-22(27)23(21)25(31)29-15-5-6-18(16-29)17-32-20-11-9-19(10-12-20)24(30)28-13-2-1-3-14-28/h4,7-12,18H,1-3,5-6,13-17H2. The van der Waals surface area contributed by atoms with Crippen molar-refractivity contribution in [1.82, 2.24) is 9.80 Å². The molecule has 2 aromatic carbocycles. The van der Waals surface area contributed by atoms with Gasteiger partial charge in [-0.1, -0.05) is 6.07 Å². The fourth-order valence-corrected chi connectivity index (χ4v) is 4.43. The van der Waals surface area contributed by atoms with Gasteiger partial charge in [-0.25, -0.2) is 8.78 Å². The maximum absolute atomic E-state index is 14.0. The summed E-state index contributed by atoms with van der Waals surface area (Å²) in [5, 5.41) is 0. The van der Waals surface area contributed by atoms with Crippen molar-refractivity contribution in [2.45, 2.75) is 32.1 Å². The second kappa shape index (κ2) is 10.1. The molecule has 2 aliphatic heterocycles. The Morgan fingerprint density at radius 3 is 2.19 bits per heavy atom. The number of piperidine rings is 2. The summed E-state index contributed by atoms with van der Waals surface area (Å²) in [7, 11) is 0. The maximum Gasteiger partial charge on any atom is 0.259 e. The third kappa shape index (κ3) is 5.09. The lowest BCUT2D eigenvalue weighted by atomic mass is 9.98. The molecule has 0 saturated carbocycles. The number of hydrogen-bond acceptors (Lipinski definition) is 3. The van der Waals surface area contributed by atoms with Gasteiger partial charge in [0.05, 0.1) is 6.61 Å². The van der Waals surface area contributed by atoms with Crippen molar-refractivity contribution >= 4 is 11.8 Å². The van der Waals surface area contributed by atoms with Crippen LogP contribution in [0.4, 0.5) is 8.78 Å². The molecule has 0 spiro atoms. The van der Waals surface area contributed by atoms with Crippen molar-refractivity contribution in [3.63, 3.8) is 0 Å². The van der Waals surface area contributed by atoms with Gasteiger partial charge < -0.3 is 14.5 Å². The van der Waals surface area contributed by atoms with E-state index in [0.717, 1.165) is 50.9 Å². The van der Waals surface area contributed by atoms with Crippen molar-refractivity contribution in [3.05, 3.63) is 65.2 Å². The number of hydrogen-bond donors (Lipinski definition) is 0. The summed E-state index contributed by atoms with van der Waals surface area (Å²) in [6, 6.07) is 10.6. The molecule has 4 rings (SSSR count). The zero-order chi connectivity index (χ0) is 22.5. The van der Waals surface area contributed by atoms with Gasteiger partial charge in [0, 0.05) is 37.7 Å². The molecular formula is C25H28F2N2O3. The highest BCUT2D eigenvalue weighted by atomic mass is 19.1. The van der Waals surface area contributed by atoms with Crippen LogP contribution >= 0.6 is 0 Å². The Hall–Kier alpha value is -2.96. The fraction of sp³-hybridized carbons (Fsp3) is 0.440. The Labute approximate surface area is 187 Å². The zero-order valence-corrected chi connectivity index (χ0v) is 18.1. The second-order valence-corrected chi connectivity index (χ2v) is 8.54. The van der Waals surface area contributed by atoms with Crippen molar-refractivity contribution in [2.24, 2.45) is 5.92 Å². The van der Waals surface area contributed by atoms with Gasteiger partial charge in [-0.15, -0.1) is 0 Å². The van der Waals surface area contributed by atoms with Gasteiger partial charge in [-0.3, -0.25) is 9.59 Å². The molecule has 0 bridgehead atoms. The van der Waals surface area contributed by atoms with E-state index in [2.05, 4.69) is 0 Å². The van der Waals surface area contributed by atoms with E-state index in [1.54, 1.807) is 24.3 Å². The molecule has 0 aliphatic carbocycles. The van der Waals surface area contributed by atoms with Gasteiger partial charge in [0.1, 0.15) is 22.9 Å². The molecule has 2 aromatic rings. The molecule has 0 N–H and O–H groups in total. The van der Waals surface area contributed by atoms with E-state index >= 15 is 0 Å². The molecule has 2 aliphatic rings. The number of nitrogens with zero attached hydrogens (tertiary/aromatic N) is 2. The summed E-state index contributed by atoms with van der Waals surface area (Å²) in [6.07, 6.45) is 4.90. The van der Waals surface area contributed by atoms with Crippen LogP contribution in [-0.2, 0) is 0 Å². The molecule has 0 radical (unpaired) electrons. The monoisotopic (exact) mass is 442 g/mol. The SMILES string of the molecule is O=C(c1ccc(OCC2CCCN(C(=O)c3c(F)cccc3F)C2)cc1)N1CCCCC1. The van der Waals surface area contributed by atoms with E-state index in [9.17, 15) is 18.4 Å². The Morgan fingerprint density at radius 1 is 0.844 bits per heavy atom. The van der Waals surface area contributed by atoms with Crippen LogP contribution in [0.3, 0.4) is 0 Å². The van der Waals surface area contributed by atoms with E-state index in [1.165, 1.54) is 17.4 Å². The fourth-order valence-electron chi connectivity index (χ4n) is 4.43. The van der Waals surface area contributed by atoms with Gasteiger partial charge in [0.15, 0.2) is 0 Å². The van der Waals surface area contributed by atoms with E-state index in [0.29, 0.717) is 31.0 Å². The summed E-state index contributed by atoms with van der Waals surface area (Å²) in [5.41, 5.74) is 0.156. The van der Waals surface area contributed by atoms with Gasteiger partial charge in [-0.05, 0) is 68.5 Å². The Kier molecular flexibility index (Phi) is 7.02. The molecule has 1 atom stereocenters. The van der Waals surface area contributed by atoms with Crippen LogP contribution in [0.2, 0.25) is 0 Å². The average molecular weight is 443 g/mol. The highest BCUT2D eigenvalue weighted by molar-refractivity contribution is 5.95. The first-order valence-electron chi connectivity index (χ1n) is 11.3. The van der Waals surface area contributed by atoms with E-state index < -0.39 is 23.1 Å². The summed E-state index contributed by atoms with van der Waals surface area (Å²) in [4.78, 5) is 28.6. The number of carbonyl (C=O) groups excluding carboxylic acids is 2. The van der Waals surface area contributed by atoms with Crippen molar-refractivity contribution in [2.75, 3.05) is 32.8 Å². The first-order valence-corrected chi connectivity index (χ1v) is 11.3. The van der Waals surface area contributed by atoms with Gasteiger partial charge >= 0.3 is 0 Å². The summed E-state index contributed by atoms with van der Waals surface area (Å²) < 4.78 is 33.9. The minimum atomic E-state index is -0.840. The normalized spacial score (nSPS) is 19.0. The topological polar surface area (TPSA) is 49.9 Å². The summed E-state index contributed by atoms with van der Waals surface area (Å²) >= 11 is 0. The third-order valence-electron chi connectivity index (χ3n) is 6.21. The number of carbonyl (C=O) groups is 2. The molecule has 1 unspecified atom stereocenters. The van der Waals surface area contributed by atoms with Crippen LogP contribution in [0.15, 0.2) is 42.5 Å². The van der Waals surface area contributed by atoms with Crippen molar-refractivity contribution in [1.29, 1.82) is 0 Å². The summed E-state index contributed by atoms with van der Waals surface area (Å²) in [6.45, 7) is 2.87. The van der Waals surface area contributed by atoms with Crippen LogP contribution in [0, 0.1) is 17.6 Å². The maximum atomic E-state index is 14.0. The quantitative estimate of drug-likeness (QED) is 0.684. The van der Waals surface area contributed by atoms with Crippen LogP contribution in [-0.4, -0.2) is 54.4 Å². The number of halogens is 2. The number of benzene rings is 2. The molecule has 2 fully saturated rings. The van der Waals surface area contributed by atoms with Crippen molar-refractivity contribution < 1.29 is 23.1 Å². The molecule has 7 heteroatoms. The molecule has 170 valence electrons. The van der Waals surface area contributed by atoms with Gasteiger partial charge in [-0.2, -0.15) is 0 Å².